The number of amides is 1. The lowest BCUT2D eigenvalue weighted by molar-refractivity contribution is -0.118. The summed E-state index contributed by atoms with van der Waals surface area (Å²) in [5, 5.41) is 0. The zero-order chi connectivity index (χ0) is 9.56. The van der Waals surface area contributed by atoms with Crippen LogP contribution in [0.5, 0.6) is 0 Å². The first-order valence-electron chi connectivity index (χ1n) is 3.38. The predicted molar refractivity (Wildman–Crippen MR) is 48.6 cm³/mol. The van der Waals surface area contributed by atoms with Gasteiger partial charge in [-0.15, -0.1) is 0 Å². The standard InChI is InChI=1S/C8H13N3O/c1-4-5-6(2)10-11-8(12)7(3)9/h4-5,10H,1,3,9H2,2H3,(H,11,12)/b6-5+. The molecule has 0 unspecified atom stereocenters. The van der Waals surface area contributed by atoms with Crippen LogP contribution in [0.1, 0.15) is 6.92 Å². The van der Waals surface area contributed by atoms with Crippen LogP contribution in [0.3, 0.4) is 0 Å². The van der Waals surface area contributed by atoms with Crippen LogP contribution < -0.4 is 16.6 Å². The normalized spacial score (nSPS) is 10.2. The van der Waals surface area contributed by atoms with Crippen LogP contribution in [0.15, 0.2) is 36.7 Å². The fourth-order valence-electron chi connectivity index (χ4n) is 0.454. The van der Waals surface area contributed by atoms with E-state index in [2.05, 4.69) is 24.0 Å². The van der Waals surface area contributed by atoms with Gasteiger partial charge >= 0.3 is 0 Å². The van der Waals surface area contributed by atoms with Crippen LogP contribution >= 0.6 is 0 Å². The number of nitrogens with one attached hydrogen (secondary N) is 2. The number of carbonyl (C=O) groups is 1. The van der Waals surface area contributed by atoms with Crippen LogP contribution in [-0.4, -0.2) is 5.91 Å². The summed E-state index contributed by atoms with van der Waals surface area (Å²) in [5.74, 6) is -0.438. The van der Waals surface area contributed by atoms with Gasteiger partial charge in [0.25, 0.3) is 5.91 Å². The molecule has 4 nitrogen and oxygen atoms in total. The van der Waals surface area contributed by atoms with E-state index in [0.717, 1.165) is 5.70 Å². The van der Waals surface area contributed by atoms with Crippen LogP contribution in [0.25, 0.3) is 0 Å². The smallest absolute Gasteiger partial charge is 0.284 e. The Morgan fingerprint density at radius 3 is 2.50 bits per heavy atom. The molecule has 0 atom stereocenters. The highest BCUT2D eigenvalue weighted by atomic mass is 16.2. The average Bonchev–Trinajstić information content (AvgIpc) is 2.00. The number of hydrogen-bond acceptors (Lipinski definition) is 3. The topological polar surface area (TPSA) is 67.1 Å². The summed E-state index contributed by atoms with van der Waals surface area (Å²) in [6, 6.07) is 0. The number of allylic oxidation sites excluding steroid dienone is 3. The van der Waals surface area contributed by atoms with Gasteiger partial charge in [0.15, 0.2) is 0 Å². The van der Waals surface area contributed by atoms with Crippen molar-refractivity contribution < 1.29 is 4.79 Å². The third kappa shape index (κ3) is 4.16. The second kappa shape index (κ2) is 5.01. The van der Waals surface area contributed by atoms with E-state index in [9.17, 15) is 4.79 Å². The van der Waals surface area contributed by atoms with Crippen molar-refractivity contribution in [1.82, 2.24) is 10.9 Å². The van der Waals surface area contributed by atoms with Gasteiger partial charge in [-0.25, -0.2) is 0 Å². The Hall–Kier alpha value is -1.71. The number of carbonyl (C=O) groups excluding carboxylic acids is 1. The largest absolute Gasteiger partial charge is 0.395 e. The van der Waals surface area contributed by atoms with Crippen molar-refractivity contribution in [2.45, 2.75) is 6.92 Å². The van der Waals surface area contributed by atoms with Crippen molar-refractivity contribution in [3.8, 4) is 0 Å². The maximum atomic E-state index is 10.8. The third-order valence-electron chi connectivity index (χ3n) is 1.03. The van der Waals surface area contributed by atoms with Gasteiger partial charge in [0.1, 0.15) is 0 Å². The summed E-state index contributed by atoms with van der Waals surface area (Å²) < 4.78 is 0. The van der Waals surface area contributed by atoms with Crippen molar-refractivity contribution in [2.24, 2.45) is 5.73 Å². The zero-order valence-corrected chi connectivity index (χ0v) is 7.05. The summed E-state index contributed by atoms with van der Waals surface area (Å²) >= 11 is 0. The van der Waals surface area contributed by atoms with Crippen LogP contribution in [-0.2, 0) is 4.79 Å². The molecule has 0 aromatic rings. The first kappa shape index (κ1) is 10.3. The van der Waals surface area contributed by atoms with E-state index in [1.807, 2.05) is 0 Å². The highest BCUT2D eigenvalue weighted by Gasteiger charge is 1.99. The maximum absolute atomic E-state index is 10.8. The lowest BCUT2D eigenvalue weighted by Gasteiger charge is -2.06. The fraction of sp³-hybridized carbons (Fsp3) is 0.125. The second-order valence-electron chi connectivity index (χ2n) is 2.19. The molecule has 0 bridgehead atoms. The molecule has 0 aliphatic carbocycles. The Kier molecular flexibility index (Phi) is 4.30. The van der Waals surface area contributed by atoms with E-state index in [1.54, 1.807) is 19.1 Å². The lowest BCUT2D eigenvalue weighted by atomic mass is 10.4. The number of hydrazine groups is 1. The molecule has 4 N–H and O–H groups in total. The summed E-state index contributed by atoms with van der Waals surface area (Å²) in [6.07, 6.45) is 3.31. The summed E-state index contributed by atoms with van der Waals surface area (Å²) in [5.41, 5.74) is 10.8. The SMILES string of the molecule is C=C/C=C(\C)NNC(=O)C(=C)N. The molecule has 0 heterocycles. The Balaban J connectivity index is 3.84. The first-order valence-corrected chi connectivity index (χ1v) is 3.38. The molecule has 12 heavy (non-hydrogen) atoms. The Labute approximate surface area is 71.8 Å². The molecule has 1 amide bonds. The fourth-order valence-corrected chi connectivity index (χ4v) is 0.454. The Morgan fingerprint density at radius 2 is 2.08 bits per heavy atom. The van der Waals surface area contributed by atoms with Crippen molar-refractivity contribution in [2.75, 3.05) is 0 Å². The first-order chi connectivity index (χ1) is 5.57. The van der Waals surface area contributed by atoms with E-state index in [1.165, 1.54) is 0 Å². The molecule has 0 aromatic heterocycles. The van der Waals surface area contributed by atoms with Crippen molar-refractivity contribution in [3.05, 3.63) is 36.7 Å². The Bertz CT molecular complexity index is 228. The Morgan fingerprint density at radius 1 is 1.50 bits per heavy atom. The minimum absolute atomic E-state index is 0.0334. The molecule has 0 aromatic carbocycles. The van der Waals surface area contributed by atoms with E-state index < -0.39 is 5.91 Å². The van der Waals surface area contributed by atoms with Crippen LogP contribution in [0.2, 0.25) is 0 Å². The second-order valence-corrected chi connectivity index (χ2v) is 2.19. The van der Waals surface area contributed by atoms with Gasteiger partial charge in [0.2, 0.25) is 0 Å². The van der Waals surface area contributed by atoms with Gasteiger partial charge < -0.3 is 11.2 Å². The summed E-state index contributed by atoms with van der Waals surface area (Å²) in [4.78, 5) is 10.8. The summed E-state index contributed by atoms with van der Waals surface area (Å²) in [7, 11) is 0. The molecule has 0 saturated heterocycles. The minimum Gasteiger partial charge on any atom is -0.395 e. The lowest BCUT2D eigenvalue weighted by Crippen LogP contribution is -2.38. The molecule has 0 saturated carbocycles. The molecule has 0 spiro atoms. The number of nitrogens with two attached hydrogens (primary N) is 1. The molecule has 0 aliphatic heterocycles. The quantitative estimate of drug-likeness (QED) is 0.317. The van der Waals surface area contributed by atoms with Crippen molar-refractivity contribution >= 4 is 5.91 Å². The highest BCUT2D eigenvalue weighted by Crippen LogP contribution is 1.83. The minimum atomic E-state index is -0.438. The monoisotopic (exact) mass is 167 g/mol. The van der Waals surface area contributed by atoms with Crippen molar-refractivity contribution in [1.29, 1.82) is 0 Å². The maximum Gasteiger partial charge on any atom is 0.284 e. The molecule has 0 aliphatic rings. The van der Waals surface area contributed by atoms with Gasteiger partial charge in [-0.3, -0.25) is 10.2 Å². The number of rotatable bonds is 4. The average molecular weight is 167 g/mol. The van der Waals surface area contributed by atoms with E-state index in [4.69, 9.17) is 5.73 Å². The third-order valence-corrected chi connectivity index (χ3v) is 1.03. The van der Waals surface area contributed by atoms with E-state index in [0.29, 0.717) is 0 Å². The molecule has 66 valence electrons. The summed E-state index contributed by atoms with van der Waals surface area (Å²) in [6.45, 7) is 8.54. The van der Waals surface area contributed by atoms with Gasteiger partial charge in [-0.05, 0) is 13.0 Å². The van der Waals surface area contributed by atoms with E-state index >= 15 is 0 Å². The highest BCUT2D eigenvalue weighted by molar-refractivity contribution is 5.91. The predicted octanol–water partition coefficient (Wildman–Crippen LogP) is 0.169. The van der Waals surface area contributed by atoms with Gasteiger partial charge in [0, 0.05) is 5.70 Å². The van der Waals surface area contributed by atoms with Gasteiger partial charge in [0.05, 0.1) is 5.70 Å². The molecular formula is C8H13N3O. The molecular weight excluding hydrogens is 154 g/mol. The van der Waals surface area contributed by atoms with Crippen LogP contribution in [0, 0.1) is 0 Å². The zero-order valence-electron chi connectivity index (χ0n) is 7.05. The van der Waals surface area contributed by atoms with Crippen LogP contribution in [0.4, 0.5) is 0 Å². The van der Waals surface area contributed by atoms with Gasteiger partial charge in [-0.1, -0.05) is 19.2 Å². The molecule has 0 fully saturated rings. The van der Waals surface area contributed by atoms with E-state index in [-0.39, 0.29) is 5.70 Å². The van der Waals surface area contributed by atoms with Crippen molar-refractivity contribution in [3.63, 3.8) is 0 Å². The van der Waals surface area contributed by atoms with Gasteiger partial charge in [-0.2, -0.15) is 0 Å². The number of hydrogen-bond donors (Lipinski definition) is 3. The molecule has 4 heteroatoms. The molecule has 0 radical (unpaired) electrons. The molecule has 0 rings (SSSR count).